The van der Waals surface area contributed by atoms with Gasteiger partial charge in [0.15, 0.2) is 0 Å². The van der Waals surface area contributed by atoms with E-state index in [0.717, 1.165) is 43.8 Å². The molecule has 0 heterocycles. The number of halogens is 1. The van der Waals surface area contributed by atoms with Gasteiger partial charge < -0.3 is 0 Å². The van der Waals surface area contributed by atoms with E-state index in [-0.39, 0.29) is 5.82 Å². The largest absolute Gasteiger partial charge is 0.206 e. The molecule has 0 nitrogen and oxygen atoms in total. The maximum absolute atomic E-state index is 15.5. The second kappa shape index (κ2) is 11.9. The van der Waals surface area contributed by atoms with E-state index in [9.17, 15) is 0 Å². The Bertz CT molecular complexity index is 2130. The standard InChI is InChI=1S/C44H49FSi2/c1-28(2)46(29(3)4,35-16-17-35)22-20-37-40-24-32-12-9-10-13-33(32)25-41(40)38(21-23-47(30(5)6,31(7)8)36-18-19-36)43-27-39-34(26-42(37)43)14-11-15-44(39)45/h9-15,24-31,35-36H,16-19H2,1-8H3. The zero-order chi connectivity index (χ0) is 33.2. The SMILES string of the molecule is CC(C)[Si](C#Cc1c2cc3ccccc3cc2c(C#C[Si](C(C)C)(C(C)C)C2CC2)c2cc3c(F)cccc3cc12)(C(C)C)C1CC1. The van der Waals surface area contributed by atoms with Gasteiger partial charge in [-0.15, -0.1) is 11.1 Å². The lowest BCUT2D eigenvalue weighted by Crippen LogP contribution is -2.40. The monoisotopic (exact) mass is 652 g/mol. The smallest absolute Gasteiger partial charge is 0.147 e. The molecule has 7 rings (SSSR count). The van der Waals surface area contributed by atoms with Crippen molar-refractivity contribution in [3.05, 3.63) is 83.7 Å². The molecular formula is C44H49FSi2. The van der Waals surface area contributed by atoms with Gasteiger partial charge in [0.05, 0.1) is 0 Å². The van der Waals surface area contributed by atoms with Crippen molar-refractivity contribution in [1.82, 2.24) is 0 Å². The second-order valence-corrected chi connectivity index (χ2v) is 26.4. The third kappa shape index (κ3) is 5.26. The van der Waals surface area contributed by atoms with Crippen LogP contribution in [0.4, 0.5) is 4.39 Å². The summed E-state index contributed by atoms with van der Waals surface area (Å²) in [5, 5.41) is 8.50. The third-order valence-corrected chi connectivity index (χ3v) is 24.7. The first-order valence-electron chi connectivity index (χ1n) is 18.1. The summed E-state index contributed by atoms with van der Waals surface area (Å²) in [6.07, 6.45) is 5.26. The Morgan fingerprint density at radius 3 is 1.30 bits per heavy atom. The third-order valence-electron chi connectivity index (χ3n) is 12.1. The summed E-state index contributed by atoms with van der Waals surface area (Å²) in [6.45, 7) is 19.3. The van der Waals surface area contributed by atoms with Crippen molar-refractivity contribution in [3.63, 3.8) is 0 Å². The van der Waals surface area contributed by atoms with Gasteiger partial charge in [0.2, 0.25) is 0 Å². The van der Waals surface area contributed by atoms with Crippen LogP contribution in [0.15, 0.2) is 66.7 Å². The number of benzene rings is 5. The Morgan fingerprint density at radius 2 is 0.894 bits per heavy atom. The van der Waals surface area contributed by atoms with Crippen molar-refractivity contribution in [2.24, 2.45) is 0 Å². The maximum Gasteiger partial charge on any atom is 0.147 e. The Hall–Kier alpha value is -3.38. The molecule has 0 bridgehead atoms. The molecule has 2 fully saturated rings. The second-order valence-electron chi connectivity index (χ2n) is 15.9. The van der Waals surface area contributed by atoms with Crippen LogP contribution < -0.4 is 0 Å². The number of rotatable bonds is 6. The molecule has 2 saturated carbocycles. The molecule has 0 atom stereocenters. The van der Waals surface area contributed by atoms with Crippen LogP contribution in [0, 0.1) is 28.7 Å². The molecule has 0 N–H and O–H groups in total. The summed E-state index contributed by atoms with van der Waals surface area (Å²) >= 11 is 0. The van der Waals surface area contributed by atoms with Gasteiger partial charge in [0.25, 0.3) is 0 Å². The van der Waals surface area contributed by atoms with Gasteiger partial charge in [0, 0.05) is 16.5 Å². The molecule has 0 aliphatic heterocycles. The van der Waals surface area contributed by atoms with E-state index in [0.29, 0.717) is 27.6 Å². The molecule has 3 heteroatoms. The molecule has 2 aliphatic carbocycles. The van der Waals surface area contributed by atoms with E-state index in [4.69, 9.17) is 0 Å². The summed E-state index contributed by atoms with van der Waals surface area (Å²) in [4.78, 5) is 0. The van der Waals surface area contributed by atoms with Crippen LogP contribution in [-0.2, 0) is 0 Å². The zero-order valence-electron chi connectivity index (χ0n) is 29.5. The Morgan fingerprint density at radius 1 is 0.511 bits per heavy atom. The highest BCUT2D eigenvalue weighted by Gasteiger charge is 2.52. The van der Waals surface area contributed by atoms with Crippen molar-refractivity contribution >= 4 is 59.2 Å². The number of hydrogen-bond acceptors (Lipinski definition) is 0. The Kier molecular flexibility index (Phi) is 8.18. The van der Waals surface area contributed by atoms with Gasteiger partial charge in [-0.2, -0.15) is 0 Å². The summed E-state index contributed by atoms with van der Waals surface area (Å²) < 4.78 is 15.5. The Labute approximate surface area is 283 Å². The van der Waals surface area contributed by atoms with Crippen LogP contribution in [0.3, 0.4) is 0 Å². The average Bonchev–Trinajstić information content (AvgIpc) is 3.95. The fourth-order valence-electron chi connectivity index (χ4n) is 9.38. The molecule has 0 aromatic heterocycles. The highest BCUT2D eigenvalue weighted by atomic mass is 28.3. The van der Waals surface area contributed by atoms with Crippen LogP contribution in [0.1, 0.15) is 92.2 Å². The highest BCUT2D eigenvalue weighted by molar-refractivity contribution is 6.92. The molecule has 0 amide bonds. The average molecular weight is 653 g/mol. The molecule has 5 aromatic carbocycles. The van der Waals surface area contributed by atoms with Crippen LogP contribution in [0.25, 0.3) is 43.1 Å². The number of fused-ring (bicyclic) bond motifs is 4. The topological polar surface area (TPSA) is 0 Å². The van der Waals surface area contributed by atoms with E-state index < -0.39 is 16.1 Å². The van der Waals surface area contributed by atoms with Crippen molar-refractivity contribution in [3.8, 4) is 22.9 Å². The first kappa shape index (κ1) is 32.2. The minimum atomic E-state index is -1.93. The van der Waals surface area contributed by atoms with Crippen molar-refractivity contribution in [1.29, 1.82) is 0 Å². The van der Waals surface area contributed by atoms with Crippen LogP contribution in [0.5, 0.6) is 0 Å². The molecule has 0 unspecified atom stereocenters. The van der Waals surface area contributed by atoms with E-state index in [1.165, 1.54) is 41.8 Å². The summed E-state index contributed by atoms with van der Waals surface area (Å²) in [6, 6.07) is 23.1. The van der Waals surface area contributed by atoms with Gasteiger partial charge in [-0.25, -0.2) is 4.39 Å². The van der Waals surface area contributed by atoms with Gasteiger partial charge in [-0.1, -0.05) is 129 Å². The first-order chi connectivity index (χ1) is 22.5. The van der Waals surface area contributed by atoms with Crippen LogP contribution in [-0.4, -0.2) is 16.1 Å². The van der Waals surface area contributed by atoms with E-state index in [2.05, 4.69) is 127 Å². The predicted octanol–water partition coefficient (Wildman–Crippen LogP) is 13.1. The zero-order valence-corrected chi connectivity index (χ0v) is 31.5. The van der Waals surface area contributed by atoms with E-state index in [1.54, 1.807) is 6.07 Å². The molecule has 0 spiro atoms. The fourth-order valence-corrected chi connectivity index (χ4v) is 20.3. The van der Waals surface area contributed by atoms with Crippen molar-refractivity contribution in [2.45, 2.75) is 114 Å². The van der Waals surface area contributed by atoms with Gasteiger partial charge in [-0.05, 0) is 101 Å². The number of hydrogen-bond donors (Lipinski definition) is 0. The lowest BCUT2D eigenvalue weighted by molar-refractivity contribution is 0.640. The van der Waals surface area contributed by atoms with Gasteiger partial charge in [-0.3, -0.25) is 0 Å². The summed E-state index contributed by atoms with van der Waals surface area (Å²) in [5.74, 6) is 7.68. The fraction of sp³-hybridized carbons (Fsp3) is 0.409. The van der Waals surface area contributed by atoms with E-state index in [1.807, 2.05) is 12.1 Å². The summed E-state index contributed by atoms with van der Waals surface area (Å²) in [5.41, 5.74) is 14.2. The summed E-state index contributed by atoms with van der Waals surface area (Å²) in [7, 11) is -3.85. The molecule has 0 saturated heterocycles. The van der Waals surface area contributed by atoms with Crippen LogP contribution in [0.2, 0.25) is 33.2 Å². The maximum atomic E-state index is 15.5. The Balaban J connectivity index is 1.64. The van der Waals surface area contributed by atoms with Crippen molar-refractivity contribution < 1.29 is 4.39 Å². The molecular weight excluding hydrogens is 604 g/mol. The van der Waals surface area contributed by atoms with Gasteiger partial charge in [0.1, 0.15) is 22.0 Å². The predicted molar refractivity (Wildman–Crippen MR) is 208 cm³/mol. The minimum absolute atomic E-state index is 0.180. The van der Waals surface area contributed by atoms with Gasteiger partial charge >= 0.3 is 0 Å². The molecule has 240 valence electrons. The molecule has 47 heavy (non-hydrogen) atoms. The van der Waals surface area contributed by atoms with Crippen molar-refractivity contribution in [2.75, 3.05) is 0 Å². The van der Waals surface area contributed by atoms with Crippen LogP contribution >= 0.6 is 0 Å². The lowest BCUT2D eigenvalue weighted by atomic mass is 9.89. The minimum Gasteiger partial charge on any atom is -0.206 e. The van der Waals surface area contributed by atoms with E-state index >= 15 is 4.39 Å². The highest BCUT2D eigenvalue weighted by Crippen LogP contribution is 2.55. The molecule has 0 radical (unpaired) electrons. The quantitative estimate of drug-likeness (QED) is 0.0973. The molecule has 5 aromatic rings. The molecule has 2 aliphatic rings. The lowest BCUT2D eigenvalue weighted by Gasteiger charge is -2.34. The normalized spacial score (nSPS) is 15.7. The first-order valence-corrected chi connectivity index (χ1v) is 22.5.